The third kappa shape index (κ3) is 4.58. The molecule has 3 aromatic rings. The first-order chi connectivity index (χ1) is 15.5. The van der Waals surface area contributed by atoms with Crippen molar-refractivity contribution in [2.75, 3.05) is 13.2 Å². The fourth-order valence-corrected chi connectivity index (χ4v) is 4.28. The Bertz CT molecular complexity index is 1070. The van der Waals surface area contributed by atoms with Crippen molar-refractivity contribution in [3.63, 3.8) is 0 Å². The van der Waals surface area contributed by atoms with Crippen LogP contribution in [0.4, 0.5) is 4.79 Å². The van der Waals surface area contributed by atoms with Crippen molar-refractivity contribution in [1.82, 2.24) is 5.32 Å². The summed E-state index contributed by atoms with van der Waals surface area (Å²) in [7, 11) is 0. The van der Waals surface area contributed by atoms with Gasteiger partial charge in [0, 0.05) is 23.0 Å². The number of carbonyl (C=O) groups is 1. The average molecular weight is 454 g/mol. The Morgan fingerprint density at radius 1 is 1.00 bits per heavy atom. The van der Waals surface area contributed by atoms with E-state index < -0.39 is 18.3 Å². The Morgan fingerprint density at radius 2 is 1.62 bits per heavy atom. The Hall–Kier alpha value is -3.06. The number of hydrogen-bond acceptors (Lipinski definition) is 5. The summed E-state index contributed by atoms with van der Waals surface area (Å²) in [6.07, 6.45) is -3.07. The lowest BCUT2D eigenvalue weighted by Crippen LogP contribution is -2.30. The average Bonchev–Trinajstić information content (AvgIpc) is 3.12. The normalized spacial score (nSPS) is 14.3. The molecule has 4 N–H and O–H groups in total. The van der Waals surface area contributed by atoms with Crippen LogP contribution in [0.3, 0.4) is 0 Å². The number of fused-ring (bicyclic) bond motifs is 3. The van der Waals surface area contributed by atoms with Gasteiger partial charge in [-0.05, 0) is 46.9 Å². The van der Waals surface area contributed by atoms with Gasteiger partial charge in [0.25, 0.3) is 0 Å². The molecular weight excluding hydrogens is 430 g/mol. The quantitative estimate of drug-likeness (QED) is 0.426. The van der Waals surface area contributed by atoms with Gasteiger partial charge in [-0.3, -0.25) is 0 Å². The van der Waals surface area contributed by atoms with Gasteiger partial charge in [0.05, 0.1) is 6.10 Å². The zero-order valence-electron chi connectivity index (χ0n) is 17.2. The third-order valence-electron chi connectivity index (χ3n) is 5.73. The third-order valence-corrected chi connectivity index (χ3v) is 5.96. The molecule has 3 aromatic carbocycles. The van der Waals surface area contributed by atoms with Gasteiger partial charge < -0.3 is 25.4 Å². The number of ether oxygens (including phenoxy) is 1. The molecule has 0 spiro atoms. The lowest BCUT2D eigenvalue weighted by Gasteiger charge is -2.19. The summed E-state index contributed by atoms with van der Waals surface area (Å²) in [5.41, 5.74) is 4.69. The van der Waals surface area contributed by atoms with E-state index in [0.717, 1.165) is 22.3 Å². The van der Waals surface area contributed by atoms with E-state index in [0.29, 0.717) is 5.02 Å². The first-order valence-corrected chi connectivity index (χ1v) is 10.8. The summed E-state index contributed by atoms with van der Waals surface area (Å²) in [6.45, 7) is 0.289. The van der Waals surface area contributed by atoms with Crippen LogP contribution in [0, 0.1) is 0 Å². The molecular formula is C25H24ClNO5. The summed E-state index contributed by atoms with van der Waals surface area (Å²) in [5, 5.41) is 33.3. The number of amides is 1. The number of halogens is 1. The summed E-state index contributed by atoms with van der Waals surface area (Å²) >= 11 is 5.89. The van der Waals surface area contributed by atoms with Crippen LogP contribution in [0.5, 0.6) is 5.75 Å². The number of benzene rings is 3. The molecule has 0 bridgehead atoms. The molecule has 1 amide bonds. The van der Waals surface area contributed by atoms with Crippen molar-refractivity contribution in [2.45, 2.75) is 24.5 Å². The molecule has 2 atom stereocenters. The van der Waals surface area contributed by atoms with Crippen LogP contribution < -0.4 is 5.32 Å². The monoisotopic (exact) mass is 453 g/mol. The zero-order chi connectivity index (χ0) is 22.7. The van der Waals surface area contributed by atoms with E-state index >= 15 is 0 Å². The predicted octanol–water partition coefficient (Wildman–Crippen LogP) is 4.37. The molecule has 4 rings (SSSR count). The molecule has 0 aliphatic heterocycles. The van der Waals surface area contributed by atoms with E-state index in [1.807, 2.05) is 36.4 Å². The summed E-state index contributed by atoms with van der Waals surface area (Å²) in [5.74, 6) is -0.197. The highest BCUT2D eigenvalue weighted by Crippen LogP contribution is 2.44. The minimum atomic E-state index is -1.34. The van der Waals surface area contributed by atoms with Crippen molar-refractivity contribution in [3.8, 4) is 16.9 Å². The largest absolute Gasteiger partial charge is 0.508 e. The smallest absolute Gasteiger partial charge is 0.407 e. The molecule has 0 saturated heterocycles. The fraction of sp³-hybridized carbons (Fsp3) is 0.240. The number of hydrogen-bond donors (Lipinski definition) is 4. The highest BCUT2D eigenvalue weighted by Gasteiger charge is 2.29. The number of phenols is 1. The van der Waals surface area contributed by atoms with Gasteiger partial charge in [-0.1, -0.05) is 60.1 Å². The summed E-state index contributed by atoms with van der Waals surface area (Å²) in [6, 6.07) is 20.4. The first kappa shape index (κ1) is 22.1. The Morgan fingerprint density at radius 3 is 2.28 bits per heavy atom. The second kappa shape index (κ2) is 9.61. The van der Waals surface area contributed by atoms with E-state index in [2.05, 4.69) is 17.4 Å². The van der Waals surface area contributed by atoms with Crippen LogP contribution in [-0.4, -0.2) is 40.7 Å². The molecule has 0 heterocycles. The van der Waals surface area contributed by atoms with Crippen molar-refractivity contribution in [2.24, 2.45) is 0 Å². The van der Waals surface area contributed by atoms with E-state index in [9.17, 15) is 20.1 Å². The van der Waals surface area contributed by atoms with Crippen LogP contribution in [0.25, 0.3) is 11.1 Å². The van der Waals surface area contributed by atoms with Crippen LogP contribution in [0.15, 0.2) is 66.7 Å². The van der Waals surface area contributed by atoms with Crippen molar-refractivity contribution in [3.05, 3.63) is 88.4 Å². The zero-order valence-corrected chi connectivity index (χ0v) is 18.0. The molecule has 32 heavy (non-hydrogen) atoms. The number of rotatable bonds is 7. The minimum absolute atomic E-state index is 0.0358. The summed E-state index contributed by atoms with van der Waals surface area (Å²) < 4.78 is 5.45. The second-order valence-electron chi connectivity index (χ2n) is 7.76. The maximum atomic E-state index is 12.2. The van der Waals surface area contributed by atoms with Gasteiger partial charge in [-0.2, -0.15) is 0 Å². The maximum Gasteiger partial charge on any atom is 0.407 e. The number of carbonyl (C=O) groups excluding carboxylic acids is 1. The first-order valence-electron chi connectivity index (χ1n) is 10.4. The van der Waals surface area contributed by atoms with Gasteiger partial charge >= 0.3 is 6.09 Å². The van der Waals surface area contributed by atoms with Crippen molar-refractivity contribution < 1.29 is 24.9 Å². The van der Waals surface area contributed by atoms with Crippen molar-refractivity contribution in [1.29, 1.82) is 0 Å². The molecule has 0 radical (unpaired) electrons. The van der Waals surface area contributed by atoms with E-state index in [1.165, 1.54) is 18.2 Å². The maximum absolute atomic E-state index is 12.2. The topological polar surface area (TPSA) is 99.0 Å². The molecule has 1 aliphatic rings. The molecule has 0 fully saturated rings. The van der Waals surface area contributed by atoms with Gasteiger partial charge in [-0.25, -0.2) is 4.79 Å². The molecule has 166 valence electrons. The number of alkyl carbamates (subject to hydrolysis) is 1. The number of aromatic hydroxyl groups is 1. The van der Waals surface area contributed by atoms with Gasteiger partial charge in [0.15, 0.2) is 0 Å². The fourth-order valence-electron chi connectivity index (χ4n) is 4.10. The molecule has 1 aliphatic carbocycles. The molecule has 0 saturated carbocycles. The minimum Gasteiger partial charge on any atom is -0.508 e. The lowest BCUT2D eigenvalue weighted by molar-refractivity contribution is 0.0124. The van der Waals surface area contributed by atoms with Crippen LogP contribution >= 0.6 is 11.6 Å². The standard InChI is InChI=1S/C25H24ClNO5/c26-15-9-10-22(28)20(13-15)24(30)23(29)11-12-27-25(31)32-14-21-18-7-3-1-5-16(18)17-6-2-4-8-19(17)21/h1-10,13,21,23-24,28-30H,11-12,14H2,(H,27,31). The highest BCUT2D eigenvalue weighted by molar-refractivity contribution is 6.30. The number of phenolic OH excluding ortho intramolecular Hbond substituents is 1. The van der Waals surface area contributed by atoms with Crippen LogP contribution in [-0.2, 0) is 4.74 Å². The number of aliphatic hydroxyl groups is 2. The predicted molar refractivity (Wildman–Crippen MR) is 122 cm³/mol. The Kier molecular flexibility index (Phi) is 6.65. The molecule has 0 aromatic heterocycles. The Labute approximate surface area is 191 Å². The van der Waals surface area contributed by atoms with Gasteiger partial charge in [0.2, 0.25) is 0 Å². The van der Waals surface area contributed by atoms with Crippen LogP contribution in [0.1, 0.15) is 35.1 Å². The highest BCUT2D eigenvalue weighted by atomic mass is 35.5. The number of aliphatic hydroxyl groups excluding tert-OH is 2. The van der Waals surface area contributed by atoms with Crippen molar-refractivity contribution >= 4 is 17.7 Å². The van der Waals surface area contributed by atoms with E-state index in [-0.39, 0.29) is 36.8 Å². The number of nitrogens with one attached hydrogen (secondary N) is 1. The van der Waals surface area contributed by atoms with Gasteiger partial charge in [0.1, 0.15) is 18.5 Å². The SMILES string of the molecule is O=C(NCCC(O)C(O)c1cc(Cl)ccc1O)OCC1c2ccccc2-c2ccccc21. The van der Waals surface area contributed by atoms with E-state index in [4.69, 9.17) is 16.3 Å². The van der Waals surface area contributed by atoms with E-state index in [1.54, 1.807) is 0 Å². The molecule has 6 nitrogen and oxygen atoms in total. The summed E-state index contributed by atoms with van der Waals surface area (Å²) in [4.78, 5) is 12.2. The lowest BCUT2D eigenvalue weighted by atomic mass is 9.98. The molecule has 7 heteroatoms. The van der Waals surface area contributed by atoms with Gasteiger partial charge in [-0.15, -0.1) is 0 Å². The Balaban J connectivity index is 1.29. The second-order valence-corrected chi connectivity index (χ2v) is 8.19. The van der Waals surface area contributed by atoms with Crippen LogP contribution in [0.2, 0.25) is 5.02 Å². The molecule has 2 unspecified atom stereocenters.